The maximum atomic E-state index is 11.2. The minimum atomic E-state index is -0.899. The number of methoxy groups -OCH3 is 1. The number of rotatable bonds is 4. The van der Waals surface area contributed by atoms with Crippen molar-refractivity contribution in [1.82, 2.24) is 4.98 Å². The van der Waals surface area contributed by atoms with E-state index in [-0.39, 0.29) is 11.5 Å². The van der Waals surface area contributed by atoms with Gasteiger partial charge in [-0.2, -0.15) is 0 Å². The van der Waals surface area contributed by atoms with Crippen molar-refractivity contribution in [3.8, 4) is 0 Å². The van der Waals surface area contributed by atoms with Gasteiger partial charge in [0, 0.05) is 18.9 Å². The summed E-state index contributed by atoms with van der Waals surface area (Å²) in [5.41, 5.74) is 0.409. The van der Waals surface area contributed by atoms with E-state index in [0.717, 1.165) is 5.01 Å². The molecule has 0 fully saturated rings. The summed E-state index contributed by atoms with van der Waals surface area (Å²) < 4.78 is 5.17. The van der Waals surface area contributed by atoms with E-state index < -0.39 is 5.97 Å². The number of carbonyl (C=O) groups is 1. The van der Waals surface area contributed by atoms with Crippen LogP contribution in [0, 0.1) is 0 Å². The molecule has 1 rings (SSSR count). The summed E-state index contributed by atoms with van der Waals surface area (Å²) in [6, 6.07) is 0. The Morgan fingerprint density at radius 1 is 1.53 bits per heavy atom. The van der Waals surface area contributed by atoms with E-state index in [0.29, 0.717) is 17.0 Å². The number of hydrogen-bond donors (Lipinski definition) is 1. The maximum Gasteiger partial charge on any atom is 0.347 e. The second kappa shape index (κ2) is 5.14. The van der Waals surface area contributed by atoms with E-state index in [2.05, 4.69) is 4.98 Å². The van der Waals surface area contributed by atoms with Crippen molar-refractivity contribution in [2.75, 3.05) is 7.11 Å². The first-order chi connectivity index (χ1) is 7.75. The second-order valence-corrected chi connectivity index (χ2v) is 6.17. The van der Waals surface area contributed by atoms with E-state index >= 15 is 0 Å². The highest BCUT2D eigenvalue weighted by molar-refractivity contribution is 7.13. The molecule has 0 saturated carbocycles. The number of hydrogen-bond acceptors (Lipinski definition) is 4. The van der Waals surface area contributed by atoms with Crippen molar-refractivity contribution >= 4 is 17.3 Å². The van der Waals surface area contributed by atoms with Crippen LogP contribution in [0.4, 0.5) is 0 Å². The molecule has 0 aliphatic heterocycles. The molecule has 1 atom stereocenters. The summed E-state index contributed by atoms with van der Waals surface area (Å²) in [5, 5.41) is 9.99. The molecule has 0 aliphatic carbocycles. The van der Waals surface area contributed by atoms with Gasteiger partial charge >= 0.3 is 5.97 Å². The molecule has 1 N–H and O–H groups in total. The van der Waals surface area contributed by atoms with Crippen LogP contribution in [0.25, 0.3) is 0 Å². The third-order valence-electron chi connectivity index (χ3n) is 2.44. The fourth-order valence-corrected chi connectivity index (χ4v) is 2.66. The van der Waals surface area contributed by atoms with Crippen LogP contribution in [0.5, 0.6) is 0 Å². The average Bonchev–Trinajstić information content (AvgIpc) is 2.61. The van der Waals surface area contributed by atoms with E-state index in [1.54, 1.807) is 7.11 Å². The number of carboxylic acids is 1. The highest BCUT2D eigenvalue weighted by Gasteiger charge is 2.27. The Balaban J connectivity index is 3.09. The lowest BCUT2D eigenvalue weighted by Crippen LogP contribution is -2.16. The number of carboxylic acid groups (broad SMARTS) is 1. The van der Waals surface area contributed by atoms with Crippen LogP contribution in [-0.4, -0.2) is 29.3 Å². The summed E-state index contributed by atoms with van der Waals surface area (Å²) in [7, 11) is 1.64. The normalized spacial score (nSPS) is 13.7. The zero-order chi connectivity index (χ0) is 13.2. The smallest absolute Gasteiger partial charge is 0.347 e. The van der Waals surface area contributed by atoms with Gasteiger partial charge in [0.1, 0.15) is 4.88 Å². The molecule has 4 nitrogen and oxygen atoms in total. The van der Waals surface area contributed by atoms with Gasteiger partial charge in [-0.1, -0.05) is 20.8 Å². The SMILES string of the molecule is COC(C)Cc1nc(C(C)(C)C)c(C(=O)O)s1. The molecular weight excluding hydrogens is 238 g/mol. The predicted molar refractivity (Wildman–Crippen MR) is 67.9 cm³/mol. The molecule has 0 bridgehead atoms. The van der Waals surface area contributed by atoms with Gasteiger partial charge in [-0.25, -0.2) is 9.78 Å². The van der Waals surface area contributed by atoms with Gasteiger partial charge in [-0.15, -0.1) is 11.3 Å². The highest BCUT2D eigenvalue weighted by Crippen LogP contribution is 2.30. The molecule has 1 aromatic heterocycles. The first-order valence-corrected chi connectivity index (χ1v) is 6.33. The third kappa shape index (κ3) is 3.51. The first kappa shape index (κ1) is 14.1. The van der Waals surface area contributed by atoms with Crippen LogP contribution < -0.4 is 0 Å². The van der Waals surface area contributed by atoms with Crippen molar-refractivity contribution in [3.05, 3.63) is 15.6 Å². The van der Waals surface area contributed by atoms with Gasteiger partial charge in [0.05, 0.1) is 16.8 Å². The summed E-state index contributed by atoms with van der Waals surface area (Å²) in [6.07, 6.45) is 0.702. The molecule has 0 radical (unpaired) electrons. The van der Waals surface area contributed by atoms with Gasteiger partial charge in [0.15, 0.2) is 0 Å². The molecule has 1 heterocycles. The molecule has 96 valence electrons. The van der Waals surface area contributed by atoms with E-state index in [4.69, 9.17) is 4.74 Å². The lowest BCUT2D eigenvalue weighted by molar-refractivity contribution is 0.0699. The molecule has 5 heteroatoms. The number of aromatic nitrogens is 1. The fourth-order valence-electron chi connectivity index (χ4n) is 1.43. The zero-order valence-electron chi connectivity index (χ0n) is 10.9. The minimum absolute atomic E-state index is 0.0515. The van der Waals surface area contributed by atoms with E-state index in [1.807, 2.05) is 27.7 Å². The van der Waals surface area contributed by atoms with Gasteiger partial charge in [-0.3, -0.25) is 0 Å². The van der Waals surface area contributed by atoms with Crippen LogP contribution in [0.1, 0.15) is 48.1 Å². The fraction of sp³-hybridized carbons (Fsp3) is 0.667. The number of nitrogens with zero attached hydrogens (tertiary/aromatic N) is 1. The van der Waals surface area contributed by atoms with Crippen molar-refractivity contribution in [1.29, 1.82) is 0 Å². The number of thiazole rings is 1. The van der Waals surface area contributed by atoms with Gasteiger partial charge in [-0.05, 0) is 6.92 Å². The molecule has 0 amide bonds. The van der Waals surface area contributed by atoms with Crippen LogP contribution in [0.15, 0.2) is 0 Å². The Bertz CT molecular complexity index is 406. The quantitative estimate of drug-likeness (QED) is 0.901. The predicted octanol–water partition coefficient (Wildman–Crippen LogP) is 2.72. The number of ether oxygens (including phenoxy) is 1. The average molecular weight is 257 g/mol. The Labute approximate surface area is 106 Å². The topological polar surface area (TPSA) is 59.4 Å². The minimum Gasteiger partial charge on any atom is -0.477 e. The van der Waals surface area contributed by atoms with Crippen LogP contribution in [0.3, 0.4) is 0 Å². The van der Waals surface area contributed by atoms with Gasteiger partial charge in [0.25, 0.3) is 0 Å². The maximum absolute atomic E-state index is 11.2. The standard InChI is InChI=1S/C12H19NO3S/c1-7(16-5)6-8-13-10(12(2,3)4)9(17-8)11(14)15/h7H,6H2,1-5H3,(H,14,15). The Hall–Kier alpha value is -0.940. The second-order valence-electron chi connectivity index (χ2n) is 5.09. The molecule has 1 aromatic rings. The molecule has 0 saturated heterocycles. The lowest BCUT2D eigenvalue weighted by Gasteiger charge is -2.16. The van der Waals surface area contributed by atoms with Crippen LogP contribution in [-0.2, 0) is 16.6 Å². The highest BCUT2D eigenvalue weighted by atomic mass is 32.1. The Morgan fingerprint density at radius 2 is 2.12 bits per heavy atom. The Morgan fingerprint density at radius 3 is 2.47 bits per heavy atom. The van der Waals surface area contributed by atoms with Gasteiger partial charge < -0.3 is 9.84 Å². The zero-order valence-corrected chi connectivity index (χ0v) is 11.7. The summed E-state index contributed by atoms with van der Waals surface area (Å²) in [5.74, 6) is -0.899. The molecular formula is C12H19NO3S. The number of aromatic carboxylic acids is 1. The molecule has 0 aromatic carbocycles. The van der Waals surface area contributed by atoms with Crippen molar-refractivity contribution in [2.24, 2.45) is 0 Å². The summed E-state index contributed by atoms with van der Waals surface area (Å²) >= 11 is 1.25. The van der Waals surface area contributed by atoms with Crippen molar-refractivity contribution in [3.63, 3.8) is 0 Å². The molecule has 17 heavy (non-hydrogen) atoms. The van der Waals surface area contributed by atoms with E-state index in [9.17, 15) is 9.90 Å². The van der Waals surface area contributed by atoms with Gasteiger partial charge in [0.2, 0.25) is 0 Å². The van der Waals surface area contributed by atoms with Crippen molar-refractivity contribution < 1.29 is 14.6 Å². The lowest BCUT2D eigenvalue weighted by atomic mass is 9.91. The Kier molecular flexibility index (Phi) is 4.27. The van der Waals surface area contributed by atoms with Crippen LogP contribution in [0.2, 0.25) is 0 Å². The molecule has 0 spiro atoms. The molecule has 0 aliphatic rings. The first-order valence-electron chi connectivity index (χ1n) is 5.52. The summed E-state index contributed by atoms with van der Waals surface area (Å²) in [4.78, 5) is 16.0. The van der Waals surface area contributed by atoms with Crippen LogP contribution >= 0.6 is 11.3 Å². The third-order valence-corrected chi connectivity index (χ3v) is 3.51. The molecule has 1 unspecified atom stereocenters. The monoisotopic (exact) mass is 257 g/mol. The summed E-state index contributed by atoms with van der Waals surface area (Å²) in [6.45, 7) is 7.85. The van der Waals surface area contributed by atoms with Crippen molar-refractivity contribution in [2.45, 2.75) is 45.6 Å². The van der Waals surface area contributed by atoms with E-state index in [1.165, 1.54) is 11.3 Å². The largest absolute Gasteiger partial charge is 0.477 e.